The number of halogens is 6. The fraction of sp³-hybridized carbons (Fsp3) is 0.333. The second-order valence-corrected chi connectivity index (χ2v) is 4.22. The number of aryl methyl sites for hydroxylation is 1. The smallest absolute Gasteiger partial charge is 0.166 e. The van der Waals surface area contributed by atoms with E-state index in [4.69, 9.17) is 0 Å². The second-order valence-electron chi connectivity index (χ2n) is 3.08. The SMILES string of the molecule is Cc1cc(SC(F)(F)F)cc(C(F)(F)F)c1. The van der Waals surface area contributed by atoms with Crippen LogP contribution in [0.4, 0.5) is 26.3 Å². The highest BCUT2D eigenvalue weighted by Gasteiger charge is 2.33. The van der Waals surface area contributed by atoms with Gasteiger partial charge in [0.05, 0.1) is 5.56 Å². The van der Waals surface area contributed by atoms with E-state index in [-0.39, 0.29) is 5.56 Å². The third kappa shape index (κ3) is 3.96. The van der Waals surface area contributed by atoms with Crippen LogP contribution in [0, 0.1) is 6.92 Å². The monoisotopic (exact) mass is 260 g/mol. The maximum Gasteiger partial charge on any atom is 0.446 e. The van der Waals surface area contributed by atoms with Gasteiger partial charge >= 0.3 is 11.7 Å². The molecular weight excluding hydrogens is 254 g/mol. The fourth-order valence-electron chi connectivity index (χ4n) is 1.10. The van der Waals surface area contributed by atoms with E-state index in [0.717, 1.165) is 12.1 Å². The van der Waals surface area contributed by atoms with Gasteiger partial charge in [0.25, 0.3) is 0 Å². The summed E-state index contributed by atoms with van der Waals surface area (Å²) >= 11 is -0.555. The number of alkyl halides is 6. The van der Waals surface area contributed by atoms with Crippen molar-refractivity contribution in [3.8, 4) is 0 Å². The highest BCUT2D eigenvalue weighted by Crippen LogP contribution is 2.39. The summed E-state index contributed by atoms with van der Waals surface area (Å²) in [7, 11) is 0. The van der Waals surface area contributed by atoms with Gasteiger partial charge in [-0.05, 0) is 42.4 Å². The zero-order chi connectivity index (χ0) is 12.6. The van der Waals surface area contributed by atoms with Crippen LogP contribution in [0.5, 0.6) is 0 Å². The minimum absolute atomic E-state index is 0.140. The van der Waals surface area contributed by atoms with E-state index >= 15 is 0 Å². The third-order valence-electron chi connectivity index (χ3n) is 1.61. The Labute approximate surface area is 91.6 Å². The molecule has 0 atom stereocenters. The van der Waals surface area contributed by atoms with Gasteiger partial charge in [0.15, 0.2) is 0 Å². The van der Waals surface area contributed by atoms with E-state index in [9.17, 15) is 26.3 Å². The molecule has 0 heterocycles. The Morgan fingerprint density at radius 1 is 0.938 bits per heavy atom. The largest absolute Gasteiger partial charge is 0.446 e. The van der Waals surface area contributed by atoms with Crippen LogP contribution in [0.15, 0.2) is 23.1 Å². The molecule has 1 aromatic carbocycles. The summed E-state index contributed by atoms with van der Waals surface area (Å²) < 4.78 is 72.8. The van der Waals surface area contributed by atoms with Crippen molar-refractivity contribution in [1.29, 1.82) is 0 Å². The predicted octanol–water partition coefficient (Wildman–Crippen LogP) is 4.63. The molecule has 0 bridgehead atoms. The zero-order valence-electron chi connectivity index (χ0n) is 7.91. The van der Waals surface area contributed by atoms with Crippen molar-refractivity contribution < 1.29 is 26.3 Å². The molecule has 0 aliphatic heterocycles. The van der Waals surface area contributed by atoms with Gasteiger partial charge in [-0.15, -0.1) is 0 Å². The van der Waals surface area contributed by atoms with E-state index in [1.807, 2.05) is 0 Å². The number of rotatable bonds is 1. The van der Waals surface area contributed by atoms with Gasteiger partial charge in [0, 0.05) is 4.90 Å². The van der Waals surface area contributed by atoms with Crippen molar-refractivity contribution in [3.05, 3.63) is 29.3 Å². The van der Waals surface area contributed by atoms with Crippen molar-refractivity contribution in [3.63, 3.8) is 0 Å². The van der Waals surface area contributed by atoms with E-state index in [1.165, 1.54) is 6.92 Å². The Morgan fingerprint density at radius 3 is 1.94 bits per heavy atom. The van der Waals surface area contributed by atoms with Gasteiger partial charge in [-0.25, -0.2) is 0 Å². The summed E-state index contributed by atoms with van der Waals surface area (Å²) in [5.74, 6) is 0. The summed E-state index contributed by atoms with van der Waals surface area (Å²) in [6, 6.07) is 2.36. The van der Waals surface area contributed by atoms with Gasteiger partial charge < -0.3 is 0 Å². The van der Waals surface area contributed by atoms with Crippen molar-refractivity contribution in [2.24, 2.45) is 0 Å². The minimum Gasteiger partial charge on any atom is -0.166 e. The molecule has 0 spiro atoms. The molecule has 0 aliphatic rings. The molecule has 0 N–H and O–H groups in total. The average Bonchev–Trinajstić information content (AvgIpc) is 1.97. The molecule has 0 saturated carbocycles. The molecule has 0 nitrogen and oxygen atoms in total. The highest BCUT2D eigenvalue weighted by molar-refractivity contribution is 8.00. The second kappa shape index (κ2) is 4.20. The standard InChI is InChI=1S/C9H6F6S/c1-5-2-6(8(10,11)12)4-7(3-5)16-9(13,14)15/h2-4H,1H3. The van der Waals surface area contributed by atoms with Gasteiger partial charge in [-0.1, -0.05) is 0 Å². The molecule has 0 saturated heterocycles. The Kier molecular flexibility index (Phi) is 3.47. The van der Waals surface area contributed by atoms with Crippen LogP contribution < -0.4 is 0 Å². The van der Waals surface area contributed by atoms with Crippen LogP contribution in [0.1, 0.15) is 11.1 Å². The molecule has 0 fully saturated rings. The van der Waals surface area contributed by atoms with E-state index in [2.05, 4.69) is 0 Å². The van der Waals surface area contributed by atoms with Crippen molar-refractivity contribution in [1.82, 2.24) is 0 Å². The Hall–Kier alpha value is -0.850. The lowest BCUT2D eigenvalue weighted by molar-refractivity contribution is -0.137. The molecule has 7 heteroatoms. The predicted molar refractivity (Wildman–Crippen MR) is 48.1 cm³/mol. The molecule has 16 heavy (non-hydrogen) atoms. The molecule has 0 amide bonds. The first-order chi connectivity index (χ1) is 7.08. The molecule has 1 rings (SSSR count). The number of hydrogen-bond acceptors (Lipinski definition) is 1. The first kappa shape index (κ1) is 13.2. The number of hydrogen-bond donors (Lipinski definition) is 0. The Balaban J connectivity index is 3.09. The summed E-state index contributed by atoms with van der Waals surface area (Å²) in [6.07, 6.45) is -4.63. The molecule has 0 radical (unpaired) electrons. The van der Waals surface area contributed by atoms with Crippen molar-refractivity contribution in [2.45, 2.75) is 23.5 Å². The lowest BCUT2D eigenvalue weighted by Gasteiger charge is -2.11. The van der Waals surface area contributed by atoms with Gasteiger partial charge in [-0.3, -0.25) is 0 Å². The fourth-order valence-corrected chi connectivity index (χ4v) is 1.80. The molecule has 90 valence electrons. The third-order valence-corrected chi connectivity index (χ3v) is 2.31. The van der Waals surface area contributed by atoms with Crippen molar-refractivity contribution in [2.75, 3.05) is 0 Å². The minimum atomic E-state index is -4.63. The van der Waals surface area contributed by atoms with E-state index < -0.39 is 33.9 Å². The highest BCUT2D eigenvalue weighted by atomic mass is 32.2. The molecular formula is C9H6F6S. The van der Waals surface area contributed by atoms with Crippen LogP contribution in [-0.4, -0.2) is 5.51 Å². The normalized spacial score (nSPS) is 12.9. The molecule has 0 unspecified atom stereocenters. The summed E-state index contributed by atoms with van der Waals surface area (Å²) in [5.41, 5.74) is -5.52. The molecule has 0 aliphatic carbocycles. The van der Waals surface area contributed by atoms with Crippen molar-refractivity contribution >= 4 is 11.8 Å². The van der Waals surface area contributed by atoms with E-state index in [1.54, 1.807) is 0 Å². The van der Waals surface area contributed by atoms with Crippen LogP contribution in [-0.2, 0) is 6.18 Å². The molecule has 1 aromatic rings. The van der Waals surface area contributed by atoms with Gasteiger partial charge in [0.1, 0.15) is 0 Å². The number of thioether (sulfide) groups is 1. The molecule has 0 aromatic heterocycles. The lowest BCUT2D eigenvalue weighted by Crippen LogP contribution is -2.06. The van der Waals surface area contributed by atoms with Crippen LogP contribution in [0.3, 0.4) is 0 Å². The lowest BCUT2D eigenvalue weighted by atomic mass is 10.1. The summed E-state index contributed by atoms with van der Waals surface area (Å²) in [6.45, 7) is 1.32. The van der Waals surface area contributed by atoms with Crippen LogP contribution >= 0.6 is 11.8 Å². The van der Waals surface area contributed by atoms with Gasteiger partial charge in [-0.2, -0.15) is 26.3 Å². The average molecular weight is 260 g/mol. The Bertz CT molecular complexity index is 379. The number of benzene rings is 1. The van der Waals surface area contributed by atoms with Crippen LogP contribution in [0.2, 0.25) is 0 Å². The van der Waals surface area contributed by atoms with E-state index in [0.29, 0.717) is 6.07 Å². The first-order valence-electron chi connectivity index (χ1n) is 4.02. The quantitative estimate of drug-likeness (QED) is 0.524. The first-order valence-corrected chi connectivity index (χ1v) is 4.84. The van der Waals surface area contributed by atoms with Gasteiger partial charge in [0.2, 0.25) is 0 Å². The summed E-state index contributed by atoms with van der Waals surface area (Å²) in [5, 5.41) is 0. The van der Waals surface area contributed by atoms with Crippen LogP contribution in [0.25, 0.3) is 0 Å². The topological polar surface area (TPSA) is 0 Å². The Morgan fingerprint density at radius 2 is 1.50 bits per heavy atom. The maximum atomic E-state index is 12.3. The maximum absolute atomic E-state index is 12.3. The zero-order valence-corrected chi connectivity index (χ0v) is 8.72. The summed E-state index contributed by atoms with van der Waals surface area (Å²) in [4.78, 5) is -0.458.